The van der Waals surface area contributed by atoms with E-state index in [1.807, 2.05) is 0 Å². The zero-order valence-electron chi connectivity index (χ0n) is 13.0. The second-order valence-electron chi connectivity index (χ2n) is 5.02. The van der Waals surface area contributed by atoms with Crippen LogP contribution in [0.5, 0.6) is 0 Å². The van der Waals surface area contributed by atoms with E-state index in [0.29, 0.717) is 27.4 Å². The van der Waals surface area contributed by atoms with Crippen LogP contribution in [0.4, 0.5) is 11.5 Å². The molecule has 0 bridgehead atoms. The highest BCUT2D eigenvalue weighted by Crippen LogP contribution is 2.29. The largest absolute Gasteiger partial charge is 0.370 e. The van der Waals surface area contributed by atoms with Crippen LogP contribution in [0, 0.1) is 6.92 Å². The quantitative estimate of drug-likeness (QED) is 0.748. The number of aryl methyl sites for hydroxylation is 1. The highest BCUT2D eigenvalue weighted by molar-refractivity contribution is 6.44. The first-order valence-corrected chi connectivity index (χ1v) is 8.11. The second-order valence-corrected chi connectivity index (χ2v) is 5.81. The maximum atomic E-state index is 12.4. The standard InChI is InChI=1S/C16H18Cl2N4O/c1-3-4-8-19-14-9-13(20-10(2)21-14)16(23)22-12-7-5-6-11(17)15(12)18/h5-7,9H,3-4,8H2,1-2H3,(H,22,23)(H,19,20,21). The maximum Gasteiger partial charge on any atom is 0.274 e. The summed E-state index contributed by atoms with van der Waals surface area (Å²) in [7, 11) is 0. The molecular weight excluding hydrogens is 335 g/mol. The summed E-state index contributed by atoms with van der Waals surface area (Å²) in [5.74, 6) is 0.792. The van der Waals surface area contributed by atoms with Crippen molar-refractivity contribution in [3.63, 3.8) is 0 Å². The van der Waals surface area contributed by atoms with Gasteiger partial charge in [0.05, 0.1) is 15.7 Å². The predicted molar refractivity (Wildman–Crippen MR) is 94.6 cm³/mol. The zero-order valence-corrected chi connectivity index (χ0v) is 14.5. The van der Waals surface area contributed by atoms with Crippen molar-refractivity contribution in [1.29, 1.82) is 0 Å². The van der Waals surface area contributed by atoms with E-state index >= 15 is 0 Å². The number of anilines is 2. The van der Waals surface area contributed by atoms with Gasteiger partial charge in [-0.05, 0) is 25.5 Å². The van der Waals surface area contributed by atoms with Gasteiger partial charge in [-0.15, -0.1) is 0 Å². The molecule has 0 radical (unpaired) electrons. The van der Waals surface area contributed by atoms with Crippen LogP contribution in [-0.2, 0) is 0 Å². The molecule has 0 saturated carbocycles. The summed E-state index contributed by atoms with van der Waals surface area (Å²) < 4.78 is 0. The van der Waals surface area contributed by atoms with Crippen molar-refractivity contribution in [2.75, 3.05) is 17.2 Å². The minimum atomic E-state index is -0.363. The molecule has 0 aliphatic carbocycles. The Hall–Kier alpha value is -1.85. The number of hydrogen-bond acceptors (Lipinski definition) is 4. The van der Waals surface area contributed by atoms with Crippen molar-refractivity contribution in [3.8, 4) is 0 Å². The molecule has 0 aliphatic heterocycles. The summed E-state index contributed by atoms with van der Waals surface area (Å²) in [6.07, 6.45) is 2.11. The molecule has 23 heavy (non-hydrogen) atoms. The van der Waals surface area contributed by atoms with Crippen molar-refractivity contribution < 1.29 is 4.79 Å². The van der Waals surface area contributed by atoms with Crippen molar-refractivity contribution in [2.24, 2.45) is 0 Å². The lowest BCUT2D eigenvalue weighted by Gasteiger charge is -2.10. The van der Waals surface area contributed by atoms with Crippen molar-refractivity contribution in [2.45, 2.75) is 26.7 Å². The molecule has 0 unspecified atom stereocenters. The monoisotopic (exact) mass is 352 g/mol. The molecule has 1 heterocycles. The van der Waals surface area contributed by atoms with Gasteiger partial charge in [0, 0.05) is 12.6 Å². The predicted octanol–water partition coefficient (Wildman–Crippen LogP) is 4.56. The van der Waals surface area contributed by atoms with E-state index in [4.69, 9.17) is 23.2 Å². The Labute approximate surface area is 145 Å². The molecule has 2 rings (SSSR count). The molecule has 2 N–H and O–H groups in total. The Bertz CT molecular complexity index is 706. The van der Waals surface area contributed by atoms with E-state index < -0.39 is 0 Å². The van der Waals surface area contributed by atoms with Gasteiger partial charge in [-0.25, -0.2) is 9.97 Å². The third kappa shape index (κ3) is 4.81. The minimum Gasteiger partial charge on any atom is -0.370 e. The summed E-state index contributed by atoms with van der Waals surface area (Å²) in [6.45, 7) is 4.66. The zero-order chi connectivity index (χ0) is 16.8. The number of unbranched alkanes of at least 4 members (excludes halogenated alkanes) is 1. The van der Waals surface area contributed by atoms with Gasteiger partial charge in [-0.2, -0.15) is 0 Å². The van der Waals surface area contributed by atoms with Crippen LogP contribution in [0.2, 0.25) is 10.0 Å². The normalized spacial score (nSPS) is 10.4. The van der Waals surface area contributed by atoms with Crippen molar-refractivity contribution >= 4 is 40.6 Å². The third-order valence-corrected chi connectivity index (χ3v) is 3.93. The van der Waals surface area contributed by atoms with Crippen LogP contribution in [0.25, 0.3) is 0 Å². The molecule has 2 aromatic rings. The summed E-state index contributed by atoms with van der Waals surface area (Å²) in [5.41, 5.74) is 0.716. The van der Waals surface area contributed by atoms with Gasteiger partial charge in [0.2, 0.25) is 0 Å². The van der Waals surface area contributed by atoms with Crippen molar-refractivity contribution in [1.82, 2.24) is 9.97 Å². The summed E-state index contributed by atoms with van der Waals surface area (Å²) in [5, 5.41) is 6.58. The number of benzene rings is 1. The lowest BCUT2D eigenvalue weighted by molar-refractivity contribution is 0.102. The van der Waals surface area contributed by atoms with Gasteiger partial charge in [0.15, 0.2) is 0 Å². The number of halogens is 2. The van der Waals surface area contributed by atoms with Gasteiger partial charge < -0.3 is 10.6 Å². The lowest BCUT2D eigenvalue weighted by atomic mass is 10.3. The van der Waals surface area contributed by atoms with Crippen molar-refractivity contribution in [3.05, 3.63) is 45.8 Å². The molecule has 0 atom stereocenters. The topological polar surface area (TPSA) is 66.9 Å². The summed E-state index contributed by atoms with van der Waals surface area (Å²) >= 11 is 12.0. The number of rotatable bonds is 6. The molecule has 1 amide bonds. The van der Waals surface area contributed by atoms with Crippen LogP contribution >= 0.6 is 23.2 Å². The average molecular weight is 353 g/mol. The second kappa shape index (κ2) is 8.13. The van der Waals surface area contributed by atoms with Gasteiger partial charge in [0.1, 0.15) is 17.3 Å². The SMILES string of the molecule is CCCCNc1cc(C(=O)Nc2cccc(Cl)c2Cl)nc(C)n1. The summed E-state index contributed by atoms with van der Waals surface area (Å²) in [6, 6.07) is 6.67. The number of nitrogens with one attached hydrogen (secondary N) is 2. The van der Waals surface area contributed by atoms with E-state index in [0.717, 1.165) is 19.4 Å². The average Bonchev–Trinajstić information content (AvgIpc) is 2.51. The molecule has 0 spiro atoms. The number of aromatic nitrogens is 2. The Balaban J connectivity index is 2.17. The Morgan fingerprint density at radius 3 is 2.78 bits per heavy atom. The number of amides is 1. The van der Waals surface area contributed by atoms with E-state index in [9.17, 15) is 4.79 Å². The fourth-order valence-electron chi connectivity index (χ4n) is 1.95. The number of nitrogens with zero attached hydrogens (tertiary/aromatic N) is 2. The van der Waals surface area contributed by atoms with Crippen LogP contribution < -0.4 is 10.6 Å². The molecule has 1 aromatic carbocycles. The molecule has 1 aromatic heterocycles. The fourth-order valence-corrected chi connectivity index (χ4v) is 2.30. The minimum absolute atomic E-state index is 0.271. The number of carbonyl (C=O) groups is 1. The first-order chi connectivity index (χ1) is 11.0. The van der Waals surface area contributed by atoms with E-state index in [1.54, 1.807) is 31.2 Å². The van der Waals surface area contributed by atoms with Gasteiger partial charge in [-0.1, -0.05) is 42.6 Å². The first kappa shape index (κ1) is 17.5. The molecule has 0 fully saturated rings. The number of hydrogen-bond donors (Lipinski definition) is 2. The molecule has 122 valence electrons. The first-order valence-electron chi connectivity index (χ1n) is 7.36. The Morgan fingerprint density at radius 1 is 1.26 bits per heavy atom. The van der Waals surface area contributed by atoms with E-state index in [-0.39, 0.29) is 11.6 Å². The van der Waals surface area contributed by atoms with E-state index in [1.165, 1.54) is 0 Å². The van der Waals surface area contributed by atoms with E-state index in [2.05, 4.69) is 27.5 Å². The fraction of sp³-hybridized carbons (Fsp3) is 0.312. The van der Waals surface area contributed by atoms with Gasteiger partial charge in [0.25, 0.3) is 5.91 Å². The van der Waals surface area contributed by atoms with Crippen LogP contribution in [0.1, 0.15) is 36.1 Å². The van der Waals surface area contributed by atoms with Crippen LogP contribution in [0.3, 0.4) is 0 Å². The number of carbonyl (C=O) groups excluding carboxylic acids is 1. The highest BCUT2D eigenvalue weighted by Gasteiger charge is 2.13. The molecule has 0 aliphatic rings. The Morgan fingerprint density at radius 2 is 2.04 bits per heavy atom. The van der Waals surface area contributed by atoms with Crippen LogP contribution in [-0.4, -0.2) is 22.4 Å². The smallest absolute Gasteiger partial charge is 0.274 e. The third-order valence-electron chi connectivity index (χ3n) is 3.11. The lowest BCUT2D eigenvalue weighted by Crippen LogP contribution is -2.16. The Kier molecular flexibility index (Phi) is 6.19. The molecule has 0 saturated heterocycles. The van der Waals surface area contributed by atoms with Crippen LogP contribution in [0.15, 0.2) is 24.3 Å². The molecule has 5 nitrogen and oxygen atoms in total. The summed E-state index contributed by atoms with van der Waals surface area (Å²) in [4.78, 5) is 20.8. The van der Waals surface area contributed by atoms with Gasteiger partial charge in [-0.3, -0.25) is 4.79 Å². The van der Waals surface area contributed by atoms with Gasteiger partial charge >= 0.3 is 0 Å². The maximum absolute atomic E-state index is 12.4. The molecule has 7 heteroatoms. The molecular formula is C16H18Cl2N4O. The highest BCUT2D eigenvalue weighted by atomic mass is 35.5.